The summed E-state index contributed by atoms with van der Waals surface area (Å²) in [6.07, 6.45) is 5.89. The van der Waals surface area contributed by atoms with E-state index in [9.17, 15) is 4.79 Å². The number of piperidine rings is 1. The van der Waals surface area contributed by atoms with Gasteiger partial charge >= 0.3 is 0 Å². The van der Waals surface area contributed by atoms with Crippen LogP contribution >= 0.6 is 11.8 Å². The first-order valence-electron chi connectivity index (χ1n) is 9.71. The Kier molecular flexibility index (Phi) is 7.71. The first-order chi connectivity index (χ1) is 14.1. The summed E-state index contributed by atoms with van der Waals surface area (Å²) in [4.78, 5) is 23.2. The van der Waals surface area contributed by atoms with Crippen molar-refractivity contribution in [3.63, 3.8) is 0 Å². The zero-order chi connectivity index (χ0) is 20.6. The molecule has 1 aromatic heterocycles. The Hall–Kier alpha value is -2.32. The van der Waals surface area contributed by atoms with Crippen LogP contribution in [0.25, 0.3) is 11.1 Å². The van der Waals surface area contributed by atoms with Crippen LogP contribution in [0.15, 0.2) is 35.7 Å². The molecule has 1 N–H and O–H groups in total. The van der Waals surface area contributed by atoms with Gasteiger partial charge in [0, 0.05) is 31.0 Å². The van der Waals surface area contributed by atoms with Gasteiger partial charge in [-0.15, -0.1) is 0 Å². The van der Waals surface area contributed by atoms with Crippen molar-refractivity contribution < 1.29 is 14.3 Å². The smallest absolute Gasteiger partial charge is 0.230 e. The van der Waals surface area contributed by atoms with E-state index in [1.54, 1.807) is 26.6 Å². The summed E-state index contributed by atoms with van der Waals surface area (Å²) in [5, 5.41) is 3.62. The van der Waals surface area contributed by atoms with Crippen molar-refractivity contribution in [3.05, 3.63) is 30.6 Å². The van der Waals surface area contributed by atoms with Crippen LogP contribution in [0, 0.1) is 5.92 Å². The monoisotopic (exact) mass is 416 g/mol. The Bertz CT molecular complexity index is 816. The van der Waals surface area contributed by atoms with Gasteiger partial charge in [0.1, 0.15) is 0 Å². The van der Waals surface area contributed by atoms with Crippen LogP contribution in [0.3, 0.4) is 0 Å². The highest BCUT2D eigenvalue weighted by Gasteiger charge is 2.17. The van der Waals surface area contributed by atoms with Crippen LogP contribution in [0.1, 0.15) is 12.8 Å². The van der Waals surface area contributed by atoms with E-state index in [1.165, 1.54) is 24.6 Å². The third-order valence-electron chi connectivity index (χ3n) is 4.99. The molecule has 1 atom stereocenters. The summed E-state index contributed by atoms with van der Waals surface area (Å²) in [5.74, 6) is 2.22. The van der Waals surface area contributed by atoms with Crippen molar-refractivity contribution in [2.75, 3.05) is 46.7 Å². The van der Waals surface area contributed by atoms with E-state index in [0.717, 1.165) is 30.8 Å². The van der Waals surface area contributed by atoms with Crippen molar-refractivity contribution in [1.82, 2.24) is 20.2 Å². The number of amides is 1. The summed E-state index contributed by atoms with van der Waals surface area (Å²) in [6, 6.07) is 5.68. The van der Waals surface area contributed by atoms with Gasteiger partial charge in [-0.25, -0.2) is 9.97 Å². The van der Waals surface area contributed by atoms with Gasteiger partial charge in [0.05, 0.1) is 20.0 Å². The van der Waals surface area contributed by atoms with E-state index < -0.39 is 0 Å². The molecule has 156 valence electrons. The molecule has 3 rings (SSSR count). The molecule has 0 radical (unpaired) electrons. The number of hydrogen-bond acceptors (Lipinski definition) is 7. The summed E-state index contributed by atoms with van der Waals surface area (Å²) < 4.78 is 10.6. The van der Waals surface area contributed by atoms with Crippen LogP contribution < -0.4 is 14.8 Å². The molecule has 0 spiro atoms. The lowest BCUT2D eigenvalue weighted by atomic mass is 9.98. The zero-order valence-corrected chi connectivity index (χ0v) is 18.0. The van der Waals surface area contributed by atoms with Crippen molar-refractivity contribution in [3.8, 4) is 22.6 Å². The van der Waals surface area contributed by atoms with E-state index >= 15 is 0 Å². The Balaban J connectivity index is 1.49. The Morgan fingerprint density at radius 1 is 1.21 bits per heavy atom. The first kappa shape index (κ1) is 21.4. The van der Waals surface area contributed by atoms with Crippen LogP contribution in [-0.2, 0) is 4.79 Å². The van der Waals surface area contributed by atoms with E-state index in [1.807, 2.05) is 18.2 Å². The Morgan fingerprint density at radius 3 is 2.66 bits per heavy atom. The minimum atomic E-state index is 0.0239. The van der Waals surface area contributed by atoms with Gasteiger partial charge < -0.3 is 19.7 Å². The number of ether oxygens (including phenoxy) is 2. The van der Waals surface area contributed by atoms with Crippen molar-refractivity contribution >= 4 is 17.7 Å². The third-order valence-corrected chi connectivity index (χ3v) is 5.86. The highest BCUT2D eigenvalue weighted by Crippen LogP contribution is 2.32. The minimum absolute atomic E-state index is 0.0239. The molecule has 1 fully saturated rings. The predicted molar refractivity (Wildman–Crippen MR) is 115 cm³/mol. The average molecular weight is 417 g/mol. The lowest BCUT2D eigenvalue weighted by Crippen LogP contribution is -2.39. The summed E-state index contributed by atoms with van der Waals surface area (Å²) in [6.45, 7) is 2.94. The number of carbonyl (C=O) groups is 1. The lowest BCUT2D eigenvalue weighted by Gasteiger charge is -2.29. The number of rotatable bonds is 8. The maximum Gasteiger partial charge on any atom is 0.230 e. The molecule has 0 saturated carbocycles. The number of hydrogen-bond donors (Lipinski definition) is 1. The highest BCUT2D eigenvalue weighted by molar-refractivity contribution is 7.99. The molecule has 29 heavy (non-hydrogen) atoms. The fourth-order valence-electron chi connectivity index (χ4n) is 3.43. The number of nitrogens with zero attached hydrogens (tertiary/aromatic N) is 3. The van der Waals surface area contributed by atoms with E-state index in [-0.39, 0.29) is 5.91 Å². The summed E-state index contributed by atoms with van der Waals surface area (Å²) in [7, 11) is 5.35. The molecule has 0 aliphatic carbocycles. The van der Waals surface area contributed by atoms with Crippen molar-refractivity contribution in [2.24, 2.45) is 5.92 Å². The molecular formula is C21H28N4O3S. The summed E-state index contributed by atoms with van der Waals surface area (Å²) in [5.41, 5.74) is 1.82. The standard InChI is InChI=1S/C21H28N4O3S/c1-25-8-4-5-15(13-25)10-22-20(26)14-29-21-23-11-17(12-24-21)16-6-7-18(27-2)19(9-16)28-3/h6-7,9,11-12,15H,4-5,8,10,13-14H2,1-3H3,(H,22,26). The average Bonchev–Trinajstić information content (AvgIpc) is 2.76. The molecule has 1 aliphatic rings. The Morgan fingerprint density at radius 2 is 1.97 bits per heavy atom. The van der Waals surface area contributed by atoms with Crippen molar-refractivity contribution in [1.29, 1.82) is 0 Å². The second-order valence-corrected chi connectivity index (χ2v) is 8.13. The number of aromatic nitrogens is 2. The fraction of sp³-hybridized carbons (Fsp3) is 0.476. The maximum absolute atomic E-state index is 12.1. The second-order valence-electron chi connectivity index (χ2n) is 7.19. The zero-order valence-electron chi connectivity index (χ0n) is 17.2. The molecular weight excluding hydrogens is 388 g/mol. The third kappa shape index (κ3) is 6.08. The largest absolute Gasteiger partial charge is 0.493 e. The molecule has 2 aromatic rings. The summed E-state index contributed by atoms with van der Waals surface area (Å²) >= 11 is 1.34. The number of nitrogens with one attached hydrogen (secondary N) is 1. The van der Waals surface area contributed by atoms with Gasteiger partial charge in [0.15, 0.2) is 16.7 Å². The van der Waals surface area contributed by atoms with Crippen molar-refractivity contribution in [2.45, 2.75) is 18.0 Å². The fourth-order valence-corrected chi connectivity index (χ4v) is 4.05. The quantitative estimate of drug-likeness (QED) is 0.524. The van der Waals surface area contributed by atoms with E-state index in [4.69, 9.17) is 9.47 Å². The number of methoxy groups -OCH3 is 2. The normalized spacial score (nSPS) is 17.0. The van der Waals surface area contributed by atoms with Gasteiger partial charge in [-0.05, 0) is 50.0 Å². The molecule has 1 saturated heterocycles. The molecule has 7 nitrogen and oxygen atoms in total. The van der Waals surface area contributed by atoms with Gasteiger partial charge in [-0.1, -0.05) is 17.8 Å². The first-order valence-corrected chi connectivity index (χ1v) is 10.7. The van der Waals surface area contributed by atoms with Crippen LogP contribution in [0.5, 0.6) is 11.5 Å². The van der Waals surface area contributed by atoms with Gasteiger partial charge in [0.25, 0.3) is 0 Å². The molecule has 2 heterocycles. The minimum Gasteiger partial charge on any atom is -0.493 e. The molecule has 1 aliphatic heterocycles. The van der Waals surface area contributed by atoms with Crippen LogP contribution in [0.2, 0.25) is 0 Å². The predicted octanol–water partition coefficient (Wildman–Crippen LogP) is 2.71. The van der Waals surface area contributed by atoms with Gasteiger partial charge in [0.2, 0.25) is 5.91 Å². The number of carbonyl (C=O) groups excluding carboxylic acids is 1. The number of thioether (sulfide) groups is 1. The van der Waals surface area contributed by atoms with Gasteiger partial charge in [-0.2, -0.15) is 0 Å². The van der Waals surface area contributed by atoms with E-state index in [2.05, 4.69) is 27.2 Å². The Labute approximate surface area is 176 Å². The topological polar surface area (TPSA) is 76.6 Å². The molecule has 1 aromatic carbocycles. The SMILES string of the molecule is COc1ccc(-c2cnc(SCC(=O)NCC3CCCN(C)C3)nc2)cc1OC. The number of benzene rings is 1. The molecule has 1 amide bonds. The molecule has 1 unspecified atom stereocenters. The van der Waals surface area contributed by atoms with Crippen LogP contribution in [0.4, 0.5) is 0 Å². The lowest BCUT2D eigenvalue weighted by molar-refractivity contribution is -0.118. The second kappa shape index (κ2) is 10.5. The van der Waals surface area contributed by atoms with Gasteiger partial charge in [-0.3, -0.25) is 4.79 Å². The number of likely N-dealkylation sites (tertiary alicyclic amines) is 1. The highest BCUT2D eigenvalue weighted by atomic mass is 32.2. The maximum atomic E-state index is 12.1. The van der Waals surface area contributed by atoms with E-state index in [0.29, 0.717) is 28.3 Å². The van der Waals surface area contributed by atoms with Crippen LogP contribution in [-0.4, -0.2) is 67.4 Å². The molecule has 8 heteroatoms. The molecule has 0 bridgehead atoms.